The summed E-state index contributed by atoms with van der Waals surface area (Å²) in [6, 6.07) is 12.3. The van der Waals surface area contributed by atoms with E-state index in [1.54, 1.807) is 36.4 Å². The van der Waals surface area contributed by atoms with Crippen molar-refractivity contribution in [3.63, 3.8) is 0 Å². The Bertz CT molecular complexity index is 685. The number of anilines is 1. The Hall–Kier alpha value is -1.91. The van der Waals surface area contributed by atoms with Crippen molar-refractivity contribution in [1.29, 1.82) is 0 Å². The molecule has 0 aliphatic rings. The van der Waals surface area contributed by atoms with E-state index in [1.807, 2.05) is 13.0 Å². The number of amides is 1. The predicted molar refractivity (Wildman–Crippen MR) is 86.5 cm³/mol. The summed E-state index contributed by atoms with van der Waals surface area (Å²) in [5, 5.41) is 3.33. The molecule has 0 bridgehead atoms. The van der Waals surface area contributed by atoms with Crippen molar-refractivity contribution in [3.05, 3.63) is 64.2 Å². The molecule has 0 atom stereocenters. The first-order chi connectivity index (χ1) is 9.47. The Balaban J connectivity index is 2.25. The number of carbonyl (C=O) groups excluding carboxylic acids is 1. The van der Waals surface area contributed by atoms with Crippen molar-refractivity contribution in [3.8, 4) is 0 Å². The summed E-state index contributed by atoms with van der Waals surface area (Å²) in [7, 11) is 0. The fraction of sp³-hybridized carbons (Fsp3) is 0.0667. The molecule has 0 aliphatic carbocycles. The van der Waals surface area contributed by atoms with Crippen LogP contribution in [0.25, 0.3) is 0 Å². The minimum Gasteiger partial charge on any atom is -0.389 e. The van der Waals surface area contributed by atoms with Gasteiger partial charge in [0.05, 0.1) is 0 Å². The molecule has 2 aromatic carbocycles. The highest BCUT2D eigenvalue weighted by Gasteiger charge is 2.10. The molecule has 0 unspecified atom stereocenters. The van der Waals surface area contributed by atoms with Crippen LogP contribution in [0, 0.1) is 6.92 Å². The van der Waals surface area contributed by atoms with Gasteiger partial charge in [-0.25, -0.2) is 0 Å². The zero-order chi connectivity index (χ0) is 14.7. The number of rotatable bonds is 3. The van der Waals surface area contributed by atoms with E-state index in [1.165, 1.54) is 0 Å². The lowest BCUT2D eigenvalue weighted by atomic mass is 10.1. The van der Waals surface area contributed by atoms with Gasteiger partial charge in [-0.1, -0.05) is 42.0 Å². The molecule has 1 amide bonds. The van der Waals surface area contributed by atoms with Gasteiger partial charge in [0.1, 0.15) is 4.99 Å². The van der Waals surface area contributed by atoms with Crippen molar-refractivity contribution in [1.82, 2.24) is 0 Å². The molecular formula is C15H13ClN2OS. The highest BCUT2D eigenvalue weighted by molar-refractivity contribution is 7.80. The number of halogens is 1. The van der Waals surface area contributed by atoms with E-state index in [0.717, 1.165) is 5.56 Å². The molecule has 102 valence electrons. The van der Waals surface area contributed by atoms with Crippen molar-refractivity contribution < 1.29 is 4.79 Å². The molecule has 2 rings (SSSR count). The van der Waals surface area contributed by atoms with Gasteiger partial charge in [-0.2, -0.15) is 0 Å². The molecule has 0 fully saturated rings. The maximum absolute atomic E-state index is 12.2. The molecule has 0 aromatic heterocycles. The van der Waals surface area contributed by atoms with Gasteiger partial charge in [0.15, 0.2) is 0 Å². The van der Waals surface area contributed by atoms with E-state index < -0.39 is 0 Å². The molecule has 0 radical (unpaired) electrons. The largest absolute Gasteiger partial charge is 0.389 e. The second-order valence-electron chi connectivity index (χ2n) is 4.36. The van der Waals surface area contributed by atoms with Crippen LogP contribution in [0.15, 0.2) is 42.5 Å². The summed E-state index contributed by atoms with van der Waals surface area (Å²) in [5.74, 6) is -0.218. The lowest BCUT2D eigenvalue weighted by Crippen LogP contribution is -2.15. The highest BCUT2D eigenvalue weighted by atomic mass is 35.5. The molecule has 5 heteroatoms. The van der Waals surface area contributed by atoms with Crippen LogP contribution in [0.2, 0.25) is 5.02 Å². The highest BCUT2D eigenvalue weighted by Crippen LogP contribution is 2.18. The molecule has 3 N–H and O–H groups in total. The Labute approximate surface area is 127 Å². The summed E-state index contributed by atoms with van der Waals surface area (Å²) in [5.41, 5.74) is 8.32. The zero-order valence-electron chi connectivity index (χ0n) is 10.8. The number of carbonyl (C=O) groups is 1. The fourth-order valence-corrected chi connectivity index (χ4v) is 2.09. The third-order valence-corrected chi connectivity index (χ3v) is 3.32. The van der Waals surface area contributed by atoms with Gasteiger partial charge in [0, 0.05) is 21.8 Å². The molecule has 0 aliphatic heterocycles. The van der Waals surface area contributed by atoms with Gasteiger partial charge < -0.3 is 11.1 Å². The van der Waals surface area contributed by atoms with Gasteiger partial charge in [-0.15, -0.1) is 0 Å². The predicted octanol–water partition coefficient (Wildman–Crippen LogP) is 3.53. The van der Waals surface area contributed by atoms with Crippen LogP contribution in [-0.4, -0.2) is 10.9 Å². The first-order valence-electron chi connectivity index (χ1n) is 5.95. The van der Waals surface area contributed by atoms with Crippen molar-refractivity contribution >= 4 is 40.4 Å². The topological polar surface area (TPSA) is 55.1 Å². The van der Waals surface area contributed by atoms with E-state index >= 15 is 0 Å². The molecular weight excluding hydrogens is 292 g/mol. The van der Waals surface area contributed by atoms with Gasteiger partial charge in [-0.3, -0.25) is 4.79 Å². The number of hydrogen-bond donors (Lipinski definition) is 2. The first kappa shape index (κ1) is 14.5. The fourth-order valence-electron chi connectivity index (χ4n) is 1.79. The molecule has 0 spiro atoms. The second kappa shape index (κ2) is 6.03. The normalized spacial score (nSPS) is 10.1. The maximum Gasteiger partial charge on any atom is 0.255 e. The van der Waals surface area contributed by atoms with Crippen molar-refractivity contribution in [2.24, 2.45) is 5.73 Å². The smallest absolute Gasteiger partial charge is 0.255 e. The van der Waals surface area contributed by atoms with Crippen LogP contribution < -0.4 is 11.1 Å². The molecule has 0 saturated heterocycles. The molecule has 0 saturated carbocycles. The second-order valence-corrected chi connectivity index (χ2v) is 5.23. The van der Waals surface area contributed by atoms with E-state index in [2.05, 4.69) is 5.32 Å². The van der Waals surface area contributed by atoms with E-state index in [4.69, 9.17) is 29.6 Å². The standard InChI is InChI=1S/C15H13ClN2OS/c1-9-5-6-11(16)8-13(9)15(19)18-12-4-2-3-10(7-12)14(17)20/h2-8H,1H3,(H2,17,20)(H,18,19). The monoisotopic (exact) mass is 304 g/mol. The average molecular weight is 305 g/mol. The lowest BCUT2D eigenvalue weighted by molar-refractivity contribution is 0.102. The van der Waals surface area contributed by atoms with E-state index in [9.17, 15) is 4.79 Å². The van der Waals surface area contributed by atoms with Gasteiger partial charge in [0.25, 0.3) is 5.91 Å². The Morgan fingerprint density at radius 2 is 2.00 bits per heavy atom. The average Bonchev–Trinajstić information content (AvgIpc) is 2.41. The SMILES string of the molecule is Cc1ccc(Cl)cc1C(=O)Nc1cccc(C(N)=S)c1. The Morgan fingerprint density at radius 1 is 1.25 bits per heavy atom. The van der Waals surface area contributed by atoms with Crippen LogP contribution >= 0.6 is 23.8 Å². The Kier molecular flexibility index (Phi) is 4.37. The van der Waals surface area contributed by atoms with E-state index in [0.29, 0.717) is 26.8 Å². The van der Waals surface area contributed by atoms with Gasteiger partial charge >= 0.3 is 0 Å². The van der Waals surface area contributed by atoms with Crippen LogP contribution in [0.1, 0.15) is 21.5 Å². The number of benzene rings is 2. The van der Waals surface area contributed by atoms with Crippen LogP contribution in [-0.2, 0) is 0 Å². The summed E-state index contributed by atoms with van der Waals surface area (Å²) >= 11 is 10.8. The summed E-state index contributed by atoms with van der Waals surface area (Å²) in [6.45, 7) is 1.86. The summed E-state index contributed by atoms with van der Waals surface area (Å²) < 4.78 is 0. The maximum atomic E-state index is 12.2. The van der Waals surface area contributed by atoms with Gasteiger partial charge in [-0.05, 0) is 36.8 Å². The molecule has 0 heterocycles. The van der Waals surface area contributed by atoms with Crippen molar-refractivity contribution in [2.75, 3.05) is 5.32 Å². The first-order valence-corrected chi connectivity index (χ1v) is 6.73. The number of nitrogens with one attached hydrogen (secondary N) is 1. The summed E-state index contributed by atoms with van der Waals surface area (Å²) in [4.78, 5) is 12.5. The van der Waals surface area contributed by atoms with Crippen LogP contribution in [0.5, 0.6) is 0 Å². The zero-order valence-corrected chi connectivity index (χ0v) is 12.4. The molecule has 20 heavy (non-hydrogen) atoms. The number of aryl methyl sites for hydroxylation is 1. The number of hydrogen-bond acceptors (Lipinski definition) is 2. The van der Waals surface area contributed by atoms with Crippen LogP contribution in [0.4, 0.5) is 5.69 Å². The number of thiocarbonyl (C=S) groups is 1. The van der Waals surface area contributed by atoms with E-state index in [-0.39, 0.29) is 5.91 Å². The lowest BCUT2D eigenvalue weighted by Gasteiger charge is -2.09. The van der Waals surface area contributed by atoms with Crippen molar-refractivity contribution in [2.45, 2.75) is 6.92 Å². The third-order valence-electron chi connectivity index (χ3n) is 2.85. The summed E-state index contributed by atoms with van der Waals surface area (Å²) in [6.07, 6.45) is 0. The minimum atomic E-state index is -0.218. The number of nitrogens with two attached hydrogens (primary N) is 1. The Morgan fingerprint density at radius 3 is 2.70 bits per heavy atom. The van der Waals surface area contributed by atoms with Gasteiger partial charge in [0.2, 0.25) is 0 Å². The third kappa shape index (κ3) is 3.35. The van der Waals surface area contributed by atoms with Crippen LogP contribution in [0.3, 0.4) is 0 Å². The quantitative estimate of drug-likeness (QED) is 0.853. The molecule has 3 nitrogen and oxygen atoms in total. The minimum absolute atomic E-state index is 0.218. The molecule has 2 aromatic rings.